The summed E-state index contributed by atoms with van der Waals surface area (Å²) >= 11 is 1.63. The van der Waals surface area contributed by atoms with Crippen LogP contribution in [0.5, 0.6) is 0 Å². The number of aryl methyl sites for hydroxylation is 1. The number of benzene rings is 2. The molecule has 5 rings (SSSR count). The number of piperazine rings is 1. The van der Waals surface area contributed by atoms with Crippen molar-refractivity contribution in [2.24, 2.45) is 0 Å². The van der Waals surface area contributed by atoms with Gasteiger partial charge in [-0.25, -0.2) is 8.42 Å². The maximum atomic E-state index is 13.7. The molecule has 8 heteroatoms. The maximum Gasteiger partial charge on any atom is 0.270 e. The van der Waals surface area contributed by atoms with Gasteiger partial charge in [0.2, 0.25) is 10.0 Å². The summed E-state index contributed by atoms with van der Waals surface area (Å²) in [6.07, 6.45) is 1.62. The van der Waals surface area contributed by atoms with E-state index >= 15 is 0 Å². The highest BCUT2D eigenvalue weighted by Crippen LogP contribution is 2.28. The first kappa shape index (κ1) is 24.5. The molecule has 1 amide bonds. The van der Waals surface area contributed by atoms with E-state index in [1.165, 1.54) is 20.8 Å². The molecule has 1 fully saturated rings. The van der Waals surface area contributed by atoms with Crippen molar-refractivity contribution in [3.8, 4) is 0 Å². The fourth-order valence-corrected chi connectivity index (χ4v) is 7.03. The number of nitrogens with zero attached hydrogens (tertiary/aromatic N) is 3. The molecule has 1 aliphatic rings. The molecule has 0 spiro atoms. The van der Waals surface area contributed by atoms with Crippen LogP contribution in [0.15, 0.2) is 77.5 Å². The van der Waals surface area contributed by atoms with Gasteiger partial charge in [0.05, 0.1) is 0 Å². The average Bonchev–Trinajstić information content (AvgIpc) is 3.47. The number of sulfonamides is 1. The summed E-state index contributed by atoms with van der Waals surface area (Å²) in [5, 5.41) is 4.36. The van der Waals surface area contributed by atoms with Crippen LogP contribution in [-0.2, 0) is 16.6 Å². The number of hydrogen-bond donors (Lipinski definition) is 0. The number of thiophene rings is 1. The van der Waals surface area contributed by atoms with Gasteiger partial charge >= 0.3 is 0 Å². The molecule has 0 N–H and O–H groups in total. The zero-order chi connectivity index (χ0) is 25.3. The second kappa shape index (κ2) is 10.0. The highest BCUT2D eigenvalue weighted by Gasteiger charge is 2.34. The Balaban J connectivity index is 1.35. The maximum absolute atomic E-state index is 13.7. The number of amides is 1. The summed E-state index contributed by atoms with van der Waals surface area (Å²) in [6.45, 7) is 5.52. The summed E-state index contributed by atoms with van der Waals surface area (Å²) < 4.78 is 29.6. The lowest BCUT2D eigenvalue weighted by atomic mass is 10.1. The Labute approximate surface area is 216 Å². The lowest BCUT2D eigenvalue weighted by molar-refractivity contribution is 0.0633. The molecule has 1 saturated heterocycles. The van der Waals surface area contributed by atoms with Crippen molar-refractivity contribution in [1.82, 2.24) is 13.8 Å². The largest absolute Gasteiger partial charge is 0.334 e. The van der Waals surface area contributed by atoms with Crippen LogP contribution < -0.4 is 0 Å². The molecule has 1 aliphatic heterocycles. The second-order valence-electron chi connectivity index (χ2n) is 9.19. The van der Waals surface area contributed by atoms with Crippen LogP contribution in [-0.4, -0.2) is 53.8 Å². The van der Waals surface area contributed by atoms with Gasteiger partial charge in [-0.1, -0.05) is 54.6 Å². The molecule has 1 unspecified atom stereocenters. The van der Waals surface area contributed by atoms with Gasteiger partial charge in [-0.2, -0.15) is 4.31 Å². The predicted molar refractivity (Wildman–Crippen MR) is 147 cm³/mol. The molecule has 0 bridgehead atoms. The summed E-state index contributed by atoms with van der Waals surface area (Å²) in [5.41, 5.74) is 3.83. The minimum absolute atomic E-state index is 0.0595. The van der Waals surface area contributed by atoms with E-state index in [2.05, 4.69) is 23.6 Å². The fourth-order valence-electron chi connectivity index (χ4n) is 4.74. The molecule has 1 atom stereocenters. The fraction of sp³-hybridized carbons (Fsp3) is 0.250. The van der Waals surface area contributed by atoms with E-state index in [1.807, 2.05) is 66.9 Å². The van der Waals surface area contributed by atoms with Gasteiger partial charge < -0.3 is 9.47 Å². The molecule has 2 aromatic carbocycles. The Morgan fingerprint density at radius 2 is 1.81 bits per heavy atom. The standard InChI is InChI=1S/C28H29N3O3S2/c1-21-8-6-7-11-25(21)20-30-26(18-24-12-16-35-28(24)30)27(32)29-14-15-31(22(2)19-29)36(33,34)17-13-23-9-4-3-5-10-23/h3-13,16-18,22H,14-15,19-20H2,1-2H3. The van der Waals surface area contributed by atoms with Crippen molar-refractivity contribution >= 4 is 43.6 Å². The van der Waals surface area contributed by atoms with Crippen LogP contribution in [0.4, 0.5) is 0 Å². The Morgan fingerprint density at radius 1 is 1.06 bits per heavy atom. The summed E-state index contributed by atoms with van der Waals surface area (Å²) in [7, 11) is -3.60. The monoisotopic (exact) mass is 519 g/mol. The SMILES string of the molecule is Cc1ccccc1Cn1c(C(=O)N2CCN(S(=O)(=O)C=Cc3ccccc3)C(C)C2)cc2ccsc21. The number of carbonyl (C=O) groups excluding carboxylic acids is 1. The number of carbonyl (C=O) groups is 1. The highest BCUT2D eigenvalue weighted by atomic mass is 32.2. The van der Waals surface area contributed by atoms with E-state index < -0.39 is 10.0 Å². The van der Waals surface area contributed by atoms with E-state index in [4.69, 9.17) is 0 Å². The van der Waals surface area contributed by atoms with Crippen LogP contribution in [0.3, 0.4) is 0 Å². The number of rotatable bonds is 6. The Bertz CT molecular complexity index is 1520. The van der Waals surface area contributed by atoms with Crippen molar-refractivity contribution < 1.29 is 13.2 Å². The van der Waals surface area contributed by atoms with Gasteiger partial charge in [-0.05, 0) is 54.1 Å². The van der Waals surface area contributed by atoms with Crippen LogP contribution in [0.2, 0.25) is 0 Å². The van der Waals surface area contributed by atoms with E-state index in [1.54, 1.807) is 22.3 Å². The van der Waals surface area contributed by atoms with Gasteiger partial charge in [-0.3, -0.25) is 4.79 Å². The lowest BCUT2D eigenvalue weighted by Crippen LogP contribution is -2.55. The van der Waals surface area contributed by atoms with Gasteiger partial charge in [0.1, 0.15) is 10.5 Å². The highest BCUT2D eigenvalue weighted by molar-refractivity contribution is 7.92. The zero-order valence-electron chi connectivity index (χ0n) is 20.4. The van der Waals surface area contributed by atoms with Crippen LogP contribution >= 0.6 is 11.3 Å². The molecule has 0 saturated carbocycles. The molecule has 0 aliphatic carbocycles. The third-order valence-corrected chi connectivity index (χ3v) is 9.35. The van der Waals surface area contributed by atoms with Crippen molar-refractivity contribution in [3.05, 3.63) is 99.9 Å². The molecule has 186 valence electrons. The number of aromatic nitrogens is 1. The molecular weight excluding hydrogens is 490 g/mol. The third kappa shape index (κ3) is 4.89. The normalized spacial score (nSPS) is 17.3. The number of hydrogen-bond acceptors (Lipinski definition) is 4. The molecule has 0 radical (unpaired) electrons. The summed E-state index contributed by atoms with van der Waals surface area (Å²) in [4.78, 5) is 16.6. The Kier molecular flexibility index (Phi) is 6.83. The van der Waals surface area contributed by atoms with Crippen LogP contribution in [0.1, 0.15) is 34.1 Å². The Hall–Kier alpha value is -3.20. The van der Waals surface area contributed by atoms with Crippen LogP contribution in [0, 0.1) is 6.92 Å². The summed E-state index contributed by atoms with van der Waals surface area (Å²) in [6, 6.07) is 21.3. The summed E-state index contributed by atoms with van der Waals surface area (Å²) in [5.74, 6) is -0.0595. The molecule has 4 aromatic rings. The Morgan fingerprint density at radius 3 is 2.56 bits per heavy atom. The second-order valence-corrected chi connectivity index (χ2v) is 11.9. The molecular formula is C28H29N3O3S2. The number of fused-ring (bicyclic) bond motifs is 1. The first-order valence-electron chi connectivity index (χ1n) is 12.0. The minimum atomic E-state index is -3.60. The van der Waals surface area contributed by atoms with Crippen molar-refractivity contribution in [3.63, 3.8) is 0 Å². The topological polar surface area (TPSA) is 62.6 Å². The van der Waals surface area contributed by atoms with E-state index in [0.29, 0.717) is 25.3 Å². The van der Waals surface area contributed by atoms with Crippen molar-refractivity contribution in [2.75, 3.05) is 19.6 Å². The van der Waals surface area contributed by atoms with Gasteiger partial charge in [0.25, 0.3) is 5.91 Å². The van der Waals surface area contributed by atoms with Gasteiger partial charge in [0, 0.05) is 43.0 Å². The quantitative estimate of drug-likeness (QED) is 0.352. The lowest BCUT2D eigenvalue weighted by Gasteiger charge is -2.38. The van der Waals surface area contributed by atoms with E-state index in [0.717, 1.165) is 15.8 Å². The zero-order valence-corrected chi connectivity index (χ0v) is 22.0. The first-order valence-corrected chi connectivity index (χ1v) is 14.4. The van der Waals surface area contributed by atoms with Gasteiger partial charge in [-0.15, -0.1) is 11.3 Å². The molecule has 2 aromatic heterocycles. The van der Waals surface area contributed by atoms with Crippen molar-refractivity contribution in [1.29, 1.82) is 0 Å². The first-order chi connectivity index (χ1) is 17.3. The van der Waals surface area contributed by atoms with E-state index in [9.17, 15) is 13.2 Å². The van der Waals surface area contributed by atoms with E-state index in [-0.39, 0.29) is 18.5 Å². The predicted octanol–water partition coefficient (Wildman–Crippen LogP) is 5.21. The van der Waals surface area contributed by atoms with Crippen molar-refractivity contribution in [2.45, 2.75) is 26.4 Å². The molecule has 3 heterocycles. The van der Waals surface area contributed by atoms with Gasteiger partial charge in [0.15, 0.2) is 0 Å². The molecule has 6 nitrogen and oxygen atoms in total. The third-order valence-electron chi connectivity index (χ3n) is 6.72. The molecule has 36 heavy (non-hydrogen) atoms. The smallest absolute Gasteiger partial charge is 0.270 e. The minimum Gasteiger partial charge on any atom is -0.334 e. The van der Waals surface area contributed by atoms with Crippen LogP contribution in [0.25, 0.3) is 16.3 Å². The average molecular weight is 520 g/mol.